The summed E-state index contributed by atoms with van der Waals surface area (Å²) in [6.07, 6.45) is 0.0913. The Balaban J connectivity index is 1.82. The molecule has 0 fully saturated rings. The van der Waals surface area contributed by atoms with Crippen LogP contribution in [0.4, 0.5) is 24.5 Å². The minimum Gasteiger partial charge on any atom is -0.384 e. The molecule has 116 valence electrons. The number of carbonyl (C=O) groups is 1. The van der Waals surface area contributed by atoms with Crippen LogP contribution >= 0.6 is 11.6 Å². The second-order valence-electron chi connectivity index (χ2n) is 4.48. The minimum absolute atomic E-state index is 0.0174. The first-order chi connectivity index (χ1) is 10.5. The highest BCUT2D eigenvalue weighted by atomic mass is 35.5. The molecular weight excluding hydrogens is 317 g/mol. The standard InChI is InChI=1S/C15H12ClF3N2O/c16-11-7-9(1-3-12(11)17)20-6-5-15(22)21-10-2-4-13(18)14(19)8-10/h1-4,7-8,20H,5-6H2,(H,21,22). The summed E-state index contributed by atoms with van der Waals surface area (Å²) in [7, 11) is 0. The van der Waals surface area contributed by atoms with Crippen molar-refractivity contribution in [1.29, 1.82) is 0 Å². The summed E-state index contributed by atoms with van der Waals surface area (Å²) < 4.78 is 38.7. The zero-order chi connectivity index (χ0) is 16.1. The third kappa shape index (κ3) is 4.39. The van der Waals surface area contributed by atoms with E-state index in [1.807, 2.05) is 0 Å². The zero-order valence-electron chi connectivity index (χ0n) is 11.3. The second kappa shape index (κ2) is 7.17. The van der Waals surface area contributed by atoms with Crippen molar-refractivity contribution < 1.29 is 18.0 Å². The van der Waals surface area contributed by atoms with Crippen LogP contribution in [-0.2, 0) is 4.79 Å². The van der Waals surface area contributed by atoms with Crippen molar-refractivity contribution >= 4 is 28.9 Å². The lowest BCUT2D eigenvalue weighted by Gasteiger charge is -2.08. The molecule has 2 N–H and O–H groups in total. The lowest BCUT2D eigenvalue weighted by molar-refractivity contribution is -0.115. The highest BCUT2D eigenvalue weighted by Gasteiger charge is 2.06. The summed E-state index contributed by atoms with van der Waals surface area (Å²) >= 11 is 5.63. The number of hydrogen-bond donors (Lipinski definition) is 2. The van der Waals surface area contributed by atoms with Crippen LogP contribution in [0.1, 0.15) is 6.42 Å². The fourth-order valence-corrected chi connectivity index (χ4v) is 1.90. The van der Waals surface area contributed by atoms with Gasteiger partial charge in [0.2, 0.25) is 5.91 Å². The molecule has 1 amide bonds. The molecular formula is C15H12ClF3N2O. The van der Waals surface area contributed by atoms with Crippen molar-refractivity contribution in [3.05, 3.63) is 58.9 Å². The molecule has 0 heterocycles. The van der Waals surface area contributed by atoms with Crippen molar-refractivity contribution in [3.63, 3.8) is 0 Å². The summed E-state index contributed by atoms with van der Waals surface area (Å²) in [5, 5.41) is 5.33. The first-order valence-electron chi connectivity index (χ1n) is 6.39. The number of halogens is 4. The molecule has 3 nitrogen and oxygen atoms in total. The molecule has 0 unspecified atom stereocenters. The van der Waals surface area contributed by atoms with Gasteiger partial charge in [0.1, 0.15) is 5.82 Å². The Labute approximate surface area is 130 Å². The SMILES string of the molecule is O=C(CCNc1ccc(F)c(Cl)c1)Nc1ccc(F)c(F)c1. The quantitative estimate of drug-likeness (QED) is 0.863. The molecule has 0 saturated heterocycles. The summed E-state index contributed by atoms with van der Waals surface area (Å²) in [5.74, 6) is -2.90. The maximum Gasteiger partial charge on any atom is 0.226 e. The van der Waals surface area contributed by atoms with E-state index in [1.54, 1.807) is 0 Å². The van der Waals surface area contributed by atoms with E-state index in [0.717, 1.165) is 12.1 Å². The predicted molar refractivity (Wildman–Crippen MR) is 79.5 cm³/mol. The lowest BCUT2D eigenvalue weighted by atomic mass is 10.2. The number of hydrogen-bond acceptors (Lipinski definition) is 2. The highest BCUT2D eigenvalue weighted by Crippen LogP contribution is 2.19. The van der Waals surface area contributed by atoms with Crippen LogP contribution in [0.5, 0.6) is 0 Å². The van der Waals surface area contributed by atoms with Crippen molar-refractivity contribution in [1.82, 2.24) is 0 Å². The van der Waals surface area contributed by atoms with Gasteiger partial charge >= 0.3 is 0 Å². The number of nitrogens with one attached hydrogen (secondary N) is 2. The molecule has 0 aliphatic rings. The maximum absolute atomic E-state index is 13.0. The van der Waals surface area contributed by atoms with E-state index >= 15 is 0 Å². The van der Waals surface area contributed by atoms with E-state index < -0.39 is 17.5 Å². The van der Waals surface area contributed by atoms with E-state index in [-0.39, 0.29) is 29.6 Å². The first-order valence-corrected chi connectivity index (χ1v) is 6.77. The van der Waals surface area contributed by atoms with E-state index in [9.17, 15) is 18.0 Å². The molecule has 0 aliphatic carbocycles. The molecule has 22 heavy (non-hydrogen) atoms. The third-order valence-electron chi connectivity index (χ3n) is 2.80. The van der Waals surface area contributed by atoms with Gasteiger partial charge < -0.3 is 10.6 Å². The summed E-state index contributed by atoms with van der Waals surface area (Å²) in [6, 6.07) is 7.22. The smallest absolute Gasteiger partial charge is 0.226 e. The van der Waals surface area contributed by atoms with Crippen LogP contribution in [0.2, 0.25) is 5.02 Å². The number of carbonyl (C=O) groups excluding carboxylic acids is 1. The lowest BCUT2D eigenvalue weighted by Crippen LogP contribution is -2.16. The van der Waals surface area contributed by atoms with Gasteiger partial charge in [0, 0.05) is 30.4 Å². The minimum atomic E-state index is -1.03. The molecule has 7 heteroatoms. The fourth-order valence-electron chi connectivity index (χ4n) is 1.72. The summed E-state index contributed by atoms with van der Waals surface area (Å²) in [4.78, 5) is 11.7. The van der Waals surface area contributed by atoms with Gasteiger partial charge in [-0.25, -0.2) is 13.2 Å². The van der Waals surface area contributed by atoms with Crippen molar-refractivity contribution in [2.24, 2.45) is 0 Å². The van der Waals surface area contributed by atoms with Crippen LogP contribution < -0.4 is 10.6 Å². The molecule has 2 aromatic carbocycles. The topological polar surface area (TPSA) is 41.1 Å². The van der Waals surface area contributed by atoms with E-state index in [2.05, 4.69) is 10.6 Å². The van der Waals surface area contributed by atoms with Crippen molar-refractivity contribution in [2.75, 3.05) is 17.2 Å². The average Bonchev–Trinajstić information content (AvgIpc) is 2.47. The van der Waals surface area contributed by atoms with E-state index in [1.165, 1.54) is 24.3 Å². The van der Waals surface area contributed by atoms with Crippen molar-refractivity contribution in [3.8, 4) is 0 Å². The molecule has 0 saturated carbocycles. The maximum atomic E-state index is 13.0. The van der Waals surface area contributed by atoms with Crippen LogP contribution in [0.3, 0.4) is 0 Å². The molecule has 2 aromatic rings. The van der Waals surface area contributed by atoms with Crippen molar-refractivity contribution in [2.45, 2.75) is 6.42 Å². The van der Waals surface area contributed by atoms with E-state index in [4.69, 9.17) is 11.6 Å². The normalized spacial score (nSPS) is 10.4. The van der Waals surface area contributed by atoms with Crippen LogP contribution in [0.15, 0.2) is 36.4 Å². The van der Waals surface area contributed by atoms with Gasteiger partial charge in [0.25, 0.3) is 0 Å². The van der Waals surface area contributed by atoms with Gasteiger partial charge in [-0.2, -0.15) is 0 Å². The monoisotopic (exact) mass is 328 g/mol. The molecule has 0 atom stereocenters. The predicted octanol–water partition coefficient (Wildman–Crippen LogP) is 4.20. The Hall–Kier alpha value is -2.21. The van der Waals surface area contributed by atoms with Crippen LogP contribution in [0, 0.1) is 17.5 Å². The zero-order valence-corrected chi connectivity index (χ0v) is 12.1. The molecule has 0 aromatic heterocycles. The van der Waals surface area contributed by atoms with Gasteiger partial charge in [-0.1, -0.05) is 11.6 Å². The summed E-state index contributed by atoms with van der Waals surface area (Å²) in [6.45, 7) is 0.275. The number of benzene rings is 2. The Bertz CT molecular complexity index is 694. The van der Waals surface area contributed by atoms with Gasteiger partial charge in [0.15, 0.2) is 11.6 Å². The molecule has 0 spiro atoms. The molecule has 0 bridgehead atoms. The molecule has 0 radical (unpaired) electrons. The van der Waals surface area contributed by atoms with E-state index in [0.29, 0.717) is 5.69 Å². The fraction of sp³-hybridized carbons (Fsp3) is 0.133. The van der Waals surface area contributed by atoms with Gasteiger partial charge in [-0.3, -0.25) is 4.79 Å². The molecule has 0 aliphatic heterocycles. The number of anilines is 2. The third-order valence-corrected chi connectivity index (χ3v) is 3.09. The Morgan fingerprint density at radius 2 is 1.64 bits per heavy atom. The number of amides is 1. The first kappa shape index (κ1) is 16.2. The Morgan fingerprint density at radius 3 is 2.32 bits per heavy atom. The average molecular weight is 329 g/mol. The number of rotatable bonds is 5. The van der Waals surface area contributed by atoms with Gasteiger partial charge in [-0.05, 0) is 30.3 Å². The van der Waals surface area contributed by atoms with Crippen LogP contribution in [0.25, 0.3) is 0 Å². The summed E-state index contributed by atoms with van der Waals surface area (Å²) in [5.41, 5.74) is 0.751. The Kier molecular flexibility index (Phi) is 5.27. The largest absolute Gasteiger partial charge is 0.384 e. The second-order valence-corrected chi connectivity index (χ2v) is 4.89. The van der Waals surface area contributed by atoms with Crippen LogP contribution in [-0.4, -0.2) is 12.5 Å². The highest BCUT2D eigenvalue weighted by molar-refractivity contribution is 6.31. The van der Waals surface area contributed by atoms with Gasteiger partial charge in [0.05, 0.1) is 5.02 Å². The molecule has 2 rings (SSSR count). The Morgan fingerprint density at radius 1 is 0.955 bits per heavy atom. The van der Waals surface area contributed by atoms with Gasteiger partial charge in [-0.15, -0.1) is 0 Å².